The maximum absolute atomic E-state index is 12.0. The third-order valence-corrected chi connectivity index (χ3v) is 4.40. The average Bonchev–Trinajstić information content (AvgIpc) is 2.89. The molecule has 3 nitrogen and oxygen atoms in total. The minimum absolute atomic E-state index is 0.0918. The number of rotatable bonds is 2. The molecule has 3 rings (SSSR count). The molecule has 0 spiro atoms. The van der Waals surface area contributed by atoms with E-state index in [1.165, 1.54) is 0 Å². The Hall–Kier alpha value is -2.55. The molecule has 0 aromatic carbocycles. The van der Waals surface area contributed by atoms with E-state index in [4.69, 9.17) is 0 Å². The normalized spacial score (nSPS) is 23.5. The molecule has 0 saturated heterocycles. The molecule has 3 heteroatoms. The van der Waals surface area contributed by atoms with E-state index in [1.54, 1.807) is 6.08 Å². The number of Topliss-reactive ketones (excluding diaryl/α,β-unsaturated/α-hetero) is 3. The van der Waals surface area contributed by atoms with Gasteiger partial charge in [-0.3, -0.25) is 14.4 Å². The Morgan fingerprint density at radius 3 is 2.36 bits per heavy atom. The first kappa shape index (κ1) is 14.4. The van der Waals surface area contributed by atoms with Gasteiger partial charge in [0.2, 0.25) is 0 Å². The van der Waals surface area contributed by atoms with Crippen molar-refractivity contribution in [1.82, 2.24) is 0 Å². The van der Waals surface area contributed by atoms with Crippen LogP contribution in [0.1, 0.15) is 25.7 Å². The third kappa shape index (κ3) is 2.19. The summed E-state index contributed by atoms with van der Waals surface area (Å²) in [5.41, 5.74) is 4.87. The fourth-order valence-electron chi connectivity index (χ4n) is 3.09. The lowest BCUT2D eigenvalue weighted by Crippen LogP contribution is -2.02. The average molecular weight is 292 g/mol. The summed E-state index contributed by atoms with van der Waals surface area (Å²) in [4.78, 5) is 35.3. The highest BCUT2D eigenvalue weighted by atomic mass is 16.2. The molecule has 0 heterocycles. The summed E-state index contributed by atoms with van der Waals surface area (Å²) in [5, 5.41) is 0. The van der Waals surface area contributed by atoms with E-state index in [-0.39, 0.29) is 29.3 Å². The number of ketones is 3. The second kappa shape index (κ2) is 5.02. The Labute approximate surface area is 129 Å². The van der Waals surface area contributed by atoms with Crippen LogP contribution in [0.5, 0.6) is 0 Å². The van der Waals surface area contributed by atoms with Gasteiger partial charge in [-0.1, -0.05) is 19.7 Å². The van der Waals surface area contributed by atoms with Crippen LogP contribution in [0, 0.1) is 0 Å². The number of hydrogen-bond donors (Lipinski definition) is 0. The topological polar surface area (TPSA) is 51.2 Å². The van der Waals surface area contributed by atoms with Crippen molar-refractivity contribution >= 4 is 17.3 Å². The molecule has 0 radical (unpaired) electrons. The van der Waals surface area contributed by atoms with Gasteiger partial charge < -0.3 is 0 Å². The molecular weight excluding hydrogens is 276 g/mol. The molecular formula is C19H16O3. The zero-order valence-corrected chi connectivity index (χ0v) is 12.3. The van der Waals surface area contributed by atoms with Crippen molar-refractivity contribution < 1.29 is 14.4 Å². The largest absolute Gasteiger partial charge is 0.294 e. The first-order valence-electron chi connectivity index (χ1n) is 7.20. The number of carbonyl (C=O) groups is 3. The molecule has 0 unspecified atom stereocenters. The van der Waals surface area contributed by atoms with Gasteiger partial charge in [0.25, 0.3) is 0 Å². The Morgan fingerprint density at radius 1 is 1.00 bits per heavy atom. The minimum atomic E-state index is -0.228. The van der Waals surface area contributed by atoms with Crippen molar-refractivity contribution in [1.29, 1.82) is 0 Å². The molecule has 0 aromatic rings. The number of carbonyl (C=O) groups excluding carboxylic acids is 3. The first-order valence-corrected chi connectivity index (χ1v) is 7.20. The molecule has 1 saturated carbocycles. The molecule has 3 aliphatic rings. The quantitative estimate of drug-likeness (QED) is 0.580. The predicted octanol–water partition coefficient (Wildman–Crippen LogP) is 3.11. The van der Waals surface area contributed by atoms with Crippen LogP contribution >= 0.6 is 0 Å². The van der Waals surface area contributed by atoms with Crippen molar-refractivity contribution in [2.75, 3.05) is 0 Å². The summed E-state index contributed by atoms with van der Waals surface area (Å²) in [6.07, 6.45) is 5.28. The number of allylic oxidation sites excluding steroid dienone is 9. The third-order valence-electron chi connectivity index (χ3n) is 4.40. The Morgan fingerprint density at radius 2 is 1.73 bits per heavy atom. The smallest absolute Gasteiger partial charge is 0.171 e. The van der Waals surface area contributed by atoms with Crippen LogP contribution < -0.4 is 0 Å². The molecule has 0 aliphatic heterocycles. The van der Waals surface area contributed by atoms with E-state index in [9.17, 15) is 14.4 Å². The Kier molecular flexibility index (Phi) is 3.28. The summed E-state index contributed by atoms with van der Waals surface area (Å²) in [5.74, 6) is -0.346. The second-order valence-corrected chi connectivity index (χ2v) is 5.85. The highest BCUT2D eigenvalue weighted by molar-refractivity contribution is 6.27. The lowest BCUT2D eigenvalue weighted by atomic mass is 9.88. The van der Waals surface area contributed by atoms with E-state index in [2.05, 4.69) is 19.7 Å². The zero-order chi connectivity index (χ0) is 16.0. The van der Waals surface area contributed by atoms with E-state index >= 15 is 0 Å². The lowest BCUT2D eigenvalue weighted by molar-refractivity contribution is -0.120. The van der Waals surface area contributed by atoms with Crippen molar-refractivity contribution in [3.05, 3.63) is 70.9 Å². The summed E-state index contributed by atoms with van der Waals surface area (Å²) < 4.78 is 0. The van der Waals surface area contributed by atoms with Gasteiger partial charge in [0.05, 0.1) is 6.42 Å². The second-order valence-electron chi connectivity index (χ2n) is 5.85. The van der Waals surface area contributed by atoms with Crippen LogP contribution in [0.3, 0.4) is 0 Å². The molecule has 0 N–H and O–H groups in total. The minimum Gasteiger partial charge on any atom is -0.294 e. The van der Waals surface area contributed by atoms with Gasteiger partial charge in [-0.25, -0.2) is 0 Å². The van der Waals surface area contributed by atoms with Crippen molar-refractivity contribution in [3.8, 4) is 0 Å². The van der Waals surface area contributed by atoms with Gasteiger partial charge >= 0.3 is 0 Å². The highest BCUT2D eigenvalue weighted by Crippen LogP contribution is 2.38. The maximum Gasteiger partial charge on any atom is 0.171 e. The van der Waals surface area contributed by atoms with Crippen LogP contribution in [-0.4, -0.2) is 17.3 Å². The van der Waals surface area contributed by atoms with Crippen LogP contribution in [0.25, 0.3) is 0 Å². The van der Waals surface area contributed by atoms with Crippen molar-refractivity contribution in [2.45, 2.75) is 25.7 Å². The van der Waals surface area contributed by atoms with Crippen LogP contribution in [0.4, 0.5) is 0 Å². The molecule has 0 aromatic heterocycles. The lowest BCUT2D eigenvalue weighted by Gasteiger charge is -2.16. The maximum atomic E-state index is 12.0. The van der Waals surface area contributed by atoms with E-state index in [1.807, 2.05) is 6.08 Å². The SMILES string of the molecule is C=C(/C=C1\C(=C)C(=O)CC1=O)C1=CC2=C(CC1)C(=C)CC2=O. The van der Waals surface area contributed by atoms with Crippen molar-refractivity contribution in [2.24, 2.45) is 0 Å². The van der Waals surface area contributed by atoms with Gasteiger partial charge in [-0.2, -0.15) is 0 Å². The Balaban J connectivity index is 1.92. The van der Waals surface area contributed by atoms with Crippen LogP contribution in [-0.2, 0) is 14.4 Å². The zero-order valence-electron chi connectivity index (χ0n) is 12.3. The monoisotopic (exact) mass is 292 g/mol. The molecule has 110 valence electrons. The molecule has 0 atom stereocenters. The van der Waals surface area contributed by atoms with E-state index in [0.29, 0.717) is 17.6 Å². The van der Waals surface area contributed by atoms with E-state index in [0.717, 1.165) is 35.1 Å². The highest BCUT2D eigenvalue weighted by Gasteiger charge is 2.30. The van der Waals surface area contributed by atoms with Gasteiger partial charge in [0, 0.05) is 23.1 Å². The van der Waals surface area contributed by atoms with Gasteiger partial charge in [-0.15, -0.1) is 0 Å². The van der Waals surface area contributed by atoms with Crippen molar-refractivity contribution in [3.63, 3.8) is 0 Å². The molecule has 0 bridgehead atoms. The summed E-state index contributed by atoms with van der Waals surface area (Å²) in [6, 6.07) is 0. The first-order chi connectivity index (χ1) is 10.4. The molecule has 0 amide bonds. The van der Waals surface area contributed by atoms with Crippen LogP contribution in [0.2, 0.25) is 0 Å². The molecule has 3 aliphatic carbocycles. The van der Waals surface area contributed by atoms with Gasteiger partial charge in [0.1, 0.15) is 0 Å². The fourth-order valence-corrected chi connectivity index (χ4v) is 3.09. The predicted molar refractivity (Wildman–Crippen MR) is 84.1 cm³/mol. The summed E-state index contributed by atoms with van der Waals surface area (Å²) >= 11 is 0. The summed E-state index contributed by atoms with van der Waals surface area (Å²) in [7, 11) is 0. The van der Waals surface area contributed by atoms with E-state index < -0.39 is 0 Å². The molecule has 1 fully saturated rings. The van der Waals surface area contributed by atoms with Gasteiger partial charge in [0.15, 0.2) is 17.3 Å². The fraction of sp³-hybridized carbons (Fsp3) is 0.211. The molecule has 22 heavy (non-hydrogen) atoms. The standard InChI is InChI=1S/C19H16O3/c1-10(6-15-12(3)17(20)9-19(15)22)13-4-5-14-11(2)7-18(21)16(14)8-13/h6,8H,1-5,7,9H2/b15-6+. The Bertz CT molecular complexity index is 781. The van der Waals surface area contributed by atoms with Gasteiger partial charge in [-0.05, 0) is 47.3 Å². The number of hydrogen-bond acceptors (Lipinski definition) is 3. The van der Waals surface area contributed by atoms with Crippen LogP contribution in [0.15, 0.2) is 70.9 Å². The summed E-state index contributed by atoms with van der Waals surface area (Å²) in [6.45, 7) is 11.6.